The van der Waals surface area contributed by atoms with Crippen LogP contribution in [0.15, 0.2) is 42.0 Å². The number of carbonyl (C=O) groups excluding carboxylic acids is 1. The number of esters is 1. The van der Waals surface area contributed by atoms with Gasteiger partial charge in [0.15, 0.2) is 0 Å². The van der Waals surface area contributed by atoms with Crippen LogP contribution in [0.3, 0.4) is 0 Å². The third-order valence-electron chi connectivity index (χ3n) is 2.77. The van der Waals surface area contributed by atoms with E-state index in [9.17, 15) is 4.79 Å². The Morgan fingerprint density at radius 3 is 2.50 bits per heavy atom. The highest BCUT2D eigenvalue weighted by Crippen LogP contribution is 2.14. The van der Waals surface area contributed by atoms with Crippen LogP contribution in [0.1, 0.15) is 32.8 Å². The molecule has 0 radical (unpaired) electrons. The average Bonchev–Trinajstić information content (AvgIpc) is 2.35. The smallest absolute Gasteiger partial charge is 0.333 e. The summed E-state index contributed by atoms with van der Waals surface area (Å²) in [7, 11) is 0. The van der Waals surface area contributed by atoms with Gasteiger partial charge in [0, 0.05) is 5.57 Å². The Hall–Kier alpha value is -1.57. The van der Waals surface area contributed by atoms with Crippen molar-refractivity contribution in [3.05, 3.63) is 47.5 Å². The van der Waals surface area contributed by atoms with Crippen molar-refractivity contribution in [2.45, 2.75) is 33.6 Å². The van der Waals surface area contributed by atoms with Gasteiger partial charge in [0.1, 0.15) is 0 Å². The van der Waals surface area contributed by atoms with Gasteiger partial charge in [-0.25, -0.2) is 4.79 Å². The number of allylic oxidation sites excluding steroid dienone is 1. The van der Waals surface area contributed by atoms with Gasteiger partial charge in [-0.3, -0.25) is 0 Å². The Morgan fingerprint density at radius 2 is 1.94 bits per heavy atom. The lowest BCUT2D eigenvalue weighted by molar-refractivity contribution is -0.139. The van der Waals surface area contributed by atoms with Crippen LogP contribution in [0.25, 0.3) is 0 Å². The minimum atomic E-state index is -0.180. The first kappa shape index (κ1) is 14.5. The molecule has 0 aliphatic rings. The molecule has 0 fully saturated rings. The van der Waals surface area contributed by atoms with Gasteiger partial charge in [0.05, 0.1) is 6.61 Å². The van der Waals surface area contributed by atoms with Crippen molar-refractivity contribution in [1.29, 1.82) is 0 Å². The standard InChI is InChI=1S/C16H22O2/c1-4-18-16(17)15(13(2)3)12-8-11-14-9-6-5-7-10-14/h5-7,9-10,12-13H,4,8,11H2,1-3H3. The molecular weight excluding hydrogens is 224 g/mol. The Labute approximate surface area is 110 Å². The monoisotopic (exact) mass is 246 g/mol. The van der Waals surface area contributed by atoms with E-state index in [2.05, 4.69) is 12.1 Å². The molecule has 0 N–H and O–H groups in total. The fraction of sp³-hybridized carbons (Fsp3) is 0.438. The number of rotatable bonds is 6. The first-order valence-electron chi connectivity index (χ1n) is 6.56. The summed E-state index contributed by atoms with van der Waals surface area (Å²) in [4.78, 5) is 11.7. The molecule has 0 unspecified atom stereocenters. The molecule has 1 aromatic carbocycles. The topological polar surface area (TPSA) is 26.3 Å². The number of carbonyl (C=O) groups is 1. The zero-order valence-corrected chi connectivity index (χ0v) is 11.5. The fourth-order valence-corrected chi connectivity index (χ4v) is 1.81. The van der Waals surface area contributed by atoms with Crippen molar-refractivity contribution in [1.82, 2.24) is 0 Å². The predicted molar refractivity (Wildman–Crippen MR) is 74.3 cm³/mol. The number of hydrogen-bond donors (Lipinski definition) is 0. The molecule has 0 aliphatic heterocycles. The van der Waals surface area contributed by atoms with Crippen LogP contribution in [0.4, 0.5) is 0 Å². The van der Waals surface area contributed by atoms with Crippen LogP contribution in [-0.4, -0.2) is 12.6 Å². The molecular formula is C16H22O2. The minimum Gasteiger partial charge on any atom is -0.463 e. The highest BCUT2D eigenvalue weighted by Gasteiger charge is 2.13. The van der Waals surface area contributed by atoms with Crippen LogP contribution in [0.5, 0.6) is 0 Å². The average molecular weight is 246 g/mol. The molecule has 0 spiro atoms. The fourth-order valence-electron chi connectivity index (χ4n) is 1.81. The molecule has 0 amide bonds. The van der Waals surface area contributed by atoms with Gasteiger partial charge in [-0.05, 0) is 31.2 Å². The van der Waals surface area contributed by atoms with Crippen LogP contribution < -0.4 is 0 Å². The Balaban J connectivity index is 2.58. The Kier molecular flexibility index (Phi) is 6.20. The summed E-state index contributed by atoms with van der Waals surface area (Å²) < 4.78 is 5.06. The van der Waals surface area contributed by atoms with Gasteiger partial charge in [-0.15, -0.1) is 0 Å². The summed E-state index contributed by atoms with van der Waals surface area (Å²) in [6.07, 6.45) is 3.84. The molecule has 1 aromatic rings. The van der Waals surface area contributed by atoms with Gasteiger partial charge in [-0.1, -0.05) is 50.3 Å². The second kappa shape index (κ2) is 7.70. The Bertz CT molecular complexity index is 391. The summed E-state index contributed by atoms with van der Waals surface area (Å²) in [6, 6.07) is 10.3. The predicted octanol–water partition coefficient (Wildman–Crippen LogP) is 3.76. The lowest BCUT2D eigenvalue weighted by Crippen LogP contribution is -2.12. The van der Waals surface area contributed by atoms with E-state index in [1.165, 1.54) is 5.56 Å². The normalized spacial score (nSPS) is 11.7. The van der Waals surface area contributed by atoms with Crippen LogP contribution in [0, 0.1) is 5.92 Å². The molecule has 2 nitrogen and oxygen atoms in total. The first-order valence-corrected chi connectivity index (χ1v) is 6.56. The highest BCUT2D eigenvalue weighted by molar-refractivity contribution is 5.88. The minimum absolute atomic E-state index is 0.180. The van der Waals surface area contributed by atoms with Gasteiger partial charge >= 0.3 is 5.97 Å². The van der Waals surface area contributed by atoms with Gasteiger partial charge in [-0.2, -0.15) is 0 Å². The summed E-state index contributed by atoms with van der Waals surface area (Å²) in [5.74, 6) is 0.0281. The van der Waals surface area contributed by atoms with E-state index in [1.54, 1.807) is 0 Å². The van der Waals surface area contributed by atoms with E-state index >= 15 is 0 Å². The number of ether oxygens (including phenoxy) is 1. The van der Waals surface area contributed by atoms with Crippen LogP contribution >= 0.6 is 0 Å². The third kappa shape index (κ3) is 4.74. The maximum atomic E-state index is 11.7. The highest BCUT2D eigenvalue weighted by atomic mass is 16.5. The SMILES string of the molecule is CCOC(=O)C(=CCCc1ccccc1)C(C)C. The van der Waals surface area contributed by atoms with Crippen molar-refractivity contribution >= 4 is 5.97 Å². The van der Waals surface area contributed by atoms with Crippen molar-refractivity contribution in [2.75, 3.05) is 6.61 Å². The first-order chi connectivity index (χ1) is 8.65. The zero-order chi connectivity index (χ0) is 13.4. The number of hydrogen-bond acceptors (Lipinski definition) is 2. The van der Waals surface area contributed by atoms with E-state index in [-0.39, 0.29) is 11.9 Å². The lowest BCUT2D eigenvalue weighted by Gasteiger charge is -2.10. The van der Waals surface area contributed by atoms with E-state index < -0.39 is 0 Å². The van der Waals surface area contributed by atoms with Crippen molar-refractivity contribution < 1.29 is 9.53 Å². The number of aryl methyl sites for hydroxylation is 1. The third-order valence-corrected chi connectivity index (χ3v) is 2.77. The summed E-state index contributed by atoms with van der Waals surface area (Å²) in [6.45, 7) is 6.30. The zero-order valence-electron chi connectivity index (χ0n) is 11.5. The molecule has 0 atom stereocenters. The molecule has 2 heteroatoms. The van der Waals surface area contributed by atoms with Crippen molar-refractivity contribution in [3.63, 3.8) is 0 Å². The summed E-state index contributed by atoms with van der Waals surface area (Å²) in [5.41, 5.74) is 2.08. The van der Waals surface area contributed by atoms with Crippen LogP contribution in [-0.2, 0) is 16.0 Å². The van der Waals surface area contributed by atoms with Crippen molar-refractivity contribution in [2.24, 2.45) is 5.92 Å². The molecule has 0 heterocycles. The molecule has 18 heavy (non-hydrogen) atoms. The molecule has 1 rings (SSSR count). The molecule has 0 bridgehead atoms. The van der Waals surface area contributed by atoms with E-state index in [4.69, 9.17) is 4.74 Å². The van der Waals surface area contributed by atoms with Gasteiger partial charge < -0.3 is 4.74 Å². The molecule has 0 saturated heterocycles. The second-order valence-corrected chi connectivity index (χ2v) is 4.56. The van der Waals surface area contributed by atoms with E-state index in [1.807, 2.05) is 45.0 Å². The lowest BCUT2D eigenvalue weighted by atomic mass is 10.0. The van der Waals surface area contributed by atoms with Gasteiger partial charge in [0.25, 0.3) is 0 Å². The second-order valence-electron chi connectivity index (χ2n) is 4.56. The van der Waals surface area contributed by atoms with Crippen LogP contribution in [0.2, 0.25) is 0 Å². The quantitative estimate of drug-likeness (QED) is 0.564. The van der Waals surface area contributed by atoms with E-state index in [0.29, 0.717) is 6.61 Å². The molecule has 98 valence electrons. The summed E-state index contributed by atoms with van der Waals surface area (Å²) >= 11 is 0. The summed E-state index contributed by atoms with van der Waals surface area (Å²) in [5, 5.41) is 0. The van der Waals surface area contributed by atoms with E-state index in [0.717, 1.165) is 18.4 Å². The molecule has 0 saturated carbocycles. The maximum absolute atomic E-state index is 11.7. The maximum Gasteiger partial charge on any atom is 0.333 e. The molecule has 0 aromatic heterocycles. The van der Waals surface area contributed by atoms with Gasteiger partial charge in [0.2, 0.25) is 0 Å². The Morgan fingerprint density at radius 1 is 1.28 bits per heavy atom. The van der Waals surface area contributed by atoms with Crippen molar-refractivity contribution in [3.8, 4) is 0 Å². The largest absolute Gasteiger partial charge is 0.463 e. The molecule has 0 aliphatic carbocycles. The number of benzene rings is 1.